The van der Waals surface area contributed by atoms with Crippen LogP contribution in [0.5, 0.6) is 5.88 Å². The maximum atomic E-state index is 13.0. The van der Waals surface area contributed by atoms with Gasteiger partial charge in [0.15, 0.2) is 0 Å². The Bertz CT molecular complexity index is 880. The molecule has 0 bridgehead atoms. The Labute approximate surface area is 138 Å². The minimum Gasteiger partial charge on any atom is -0.471 e. The van der Waals surface area contributed by atoms with Crippen LogP contribution in [-0.4, -0.2) is 41.9 Å². The van der Waals surface area contributed by atoms with E-state index in [4.69, 9.17) is 10.00 Å². The lowest BCUT2D eigenvalue weighted by Gasteiger charge is -2.17. The van der Waals surface area contributed by atoms with Gasteiger partial charge in [-0.15, -0.1) is 0 Å². The lowest BCUT2D eigenvalue weighted by atomic mass is 10.3. The molecule has 1 saturated heterocycles. The lowest BCUT2D eigenvalue weighted by Crippen LogP contribution is -2.31. The quantitative estimate of drug-likeness (QED) is 0.827. The van der Waals surface area contributed by atoms with Gasteiger partial charge in [-0.3, -0.25) is 0 Å². The van der Waals surface area contributed by atoms with Gasteiger partial charge in [0.05, 0.1) is 11.4 Å². The zero-order valence-corrected chi connectivity index (χ0v) is 13.3. The lowest BCUT2D eigenvalue weighted by molar-refractivity contribution is 0.205. The molecule has 0 aliphatic carbocycles. The molecule has 0 saturated carbocycles. The molecule has 0 spiro atoms. The van der Waals surface area contributed by atoms with Crippen molar-refractivity contribution in [3.8, 4) is 11.9 Å². The third-order valence-electron chi connectivity index (χ3n) is 3.61. The van der Waals surface area contributed by atoms with Gasteiger partial charge >= 0.3 is 0 Å². The molecule has 1 aromatic carbocycles. The van der Waals surface area contributed by atoms with E-state index in [-0.39, 0.29) is 29.6 Å². The highest BCUT2D eigenvalue weighted by atomic mass is 32.2. The Hall–Kier alpha value is -2.57. The average Bonchev–Trinajstić information content (AvgIpc) is 3.05. The average molecular weight is 348 g/mol. The number of sulfonamides is 1. The number of nitrogens with zero attached hydrogens (tertiary/aromatic N) is 4. The van der Waals surface area contributed by atoms with E-state index >= 15 is 0 Å². The number of halogens is 1. The van der Waals surface area contributed by atoms with E-state index in [1.165, 1.54) is 28.8 Å². The molecule has 2 heterocycles. The van der Waals surface area contributed by atoms with Gasteiger partial charge in [0.25, 0.3) is 5.88 Å². The van der Waals surface area contributed by atoms with Gasteiger partial charge in [0, 0.05) is 18.9 Å². The van der Waals surface area contributed by atoms with Crippen LogP contribution in [0.4, 0.5) is 4.39 Å². The molecular formula is C15H13FN4O3S. The van der Waals surface area contributed by atoms with E-state index in [1.54, 1.807) is 0 Å². The fourth-order valence-corrected chi connectivity index (χ4v) is 3.90. The van der Waals surface area contributed by atoms with Crippen molar-refractivity contribution in [2.24, 2.45) is 0 Å². The summed E-state index contributed by atoms with van der Waals surface area (Å²) >= 11 is 0. The second-order valence-corrected chi connectivity index (χ2v) is 7.11. The molecule has 0 amide bonds. The molecule has 24 heavy (non-hydrogen) atoms. The van der Waals surface area contributed by atoms with Gasteiger partial charge in [0.2, 0.25) is 15.7 Å². The van der Waals surface area contributed by atoms with Gasteiger partial charge in [-0.05, 0) is 30.7 Å². The van der Waals surface area contributed by atoms with Crippen LogP contribution in [-0.2, 0) is 10.0 Å². The predicted molar refractivity (Wildman–Crippen MR) is 80.9 cm³/mol. The number of aromatic nitrogens is 2. The van der Waals surface area contributed by atoms with Gasteiger partial charge in [-0.25, -0.2) is 22.8 Å². The smallest absolute Gasteiger partial charge is 0.251 e. The highest BCUT2D eigenvalue weighted by Crippen LogP contribution is 2.24. The minimum absolute atomic E-state index is 0.0294. The van der Waals surface area contributed by atoms with E-state index in [2.05, 4.69) is 9.97 Å². The fourth-order valence-electron chi connectivity index (χ4n) is 2.41. The summed E-state index contributed by atoms with van der Waals surface area (Å²) in [6.07, 6.45) is 2.81. The van der Waals surface area contributed by atoms with Crippen molar-refractivity contribution in [1.82, 2.24) is 14.3 Å². The first-order valence-electron chi connectivity index (χ1n) is 7.14. The van der Waals surface area contributed by atoms with Gasteiger partial charge in [-0.2, -0.15) is 9.57 Å². The van der Waals surface area contributed by atoms with Crippen molar-refractivity contribution in [2.75, 3.05) is 13.1 Å². The zero-order chi connectivity index (χ0) is 17.2. The normalized spacial score (nSPS) is 18.2. The Kier molecular flexibility index (Phi) is 4.42. The summed E-state index contributed by atoms with van der Waals surface area (Å²) in [6, 6.07) is 6.55. The highest BCUT2D eigenvalue weighted by Gasteiger charge is 2.34. The van der Waals surface area contributed by atoms with Crippen LogP contribution in [0.25, 0.3) is 0 Å². The third-order valence-corrected chi connectivity index (χ3v) is 5.49. The Morgan fingerprint density at radius 3 is 2.67 bits per heavy atom. The summed E-state index contributed by atoms with van der Waals surface area (Å²) < 4.78 is 44.9. The van der Waals surface area contributed by atoms with E-state index in [0.29, 0.717) is 6.42 Å². The third kappa shape index (κ3) is 3.20. The summed E-state index contributed by atoms with van der Waals surface area (Å²) in [5.74, 6) is -0.408. The van der Waals surface area contributed by atoms with Crippen molar-refractivity contribution < 1.29 is 17.5 Å². The largest absolute Gasteiger partial charge is 0.471 e. The number of hydrogen-bond acceptors (Lipinski definition) is 6. The molecule has 0 N–H and O–H groups in total. The van der Waals surface area contributed by atoms with Crippen LogP contribution in [0.1, 0.15) is 12.1 Å². The van der Waals surface area contributed by atoms with Crippen molar-refractivity contribution in [2.45, 2.75) is 17.4 Å². The van der Waals surface area contributed by atoms with Crippen LogP contribution >= 0.6 is 0 Å². The van der Waals surface area contributed by atoms with Crippen LogP contribution in [0.2, 0.25) is 0 Å². The number of rotatable bonds is 4. The van der Waals surface area contributed by atoms with Crippen molar-refractivity contribution in [1.29, 1.82) is 5.26 Å². The first-order valence-corrected chi connectivity index (χ1v) is 8.58. The molecule has 1 aliphatic heterocycles. The minimum atomic E-state index is -3.71. The monoisotopic (exact) mass is 348 g/mol. The van der Waals surface area contributed by atoms with Crippen molar-refractivity contribution in [3.05, 3.63) is 48.2 Å². The molecule has 3 rings (SSSR count). The number of nitriles is 1. The van der Waals surface area contributed by atoms with Gasteiger partial charge < -0.3 is 4.74 Å². The first kappa shape index (κ1) is 16.3. The molecule has 124 valence electrons. The summed E-state index contributed by atoms with van der Waals surface area (Å²) in [4.78, 5) is 7.83. The summed E-state index contributed by atoms with van der Waals surface area (Å²) in [6.45, 7) is 0.397. The predicted octanol–water partition coefficient (Wildman–Crippen LogP) is 1.33. The molecule has 1 fully saturated rings. The standard InChI is InChI=1S/C15H13FN4O3S/c16-11-1-3-13(4-2-11)24(21,22)20-8-5-12(10-20)23-15-14(9-17)18-6-7-19-15/h1-4,6-7,12H,5,8,10H2/t12-/m0/s1. The van der Waals surface area contributed by atoms with Crippen LogP contribution < -0.4 is 4.74 Å². The van der Waals surface area contributed by atoms with E-state index in [9.17, 15) is 12.8 Å². The molecule has 1 aromatic heterocycles. The van der Waals surface area contributed by atoms with E-state index < -0.39 is 21.9 Å². The number of ether oxygens (including phenoxy) is 1. The van der Waals surface area contributed by atoms with Gasteiger partial charge in [-0.1, -0.05) is 0 Å². The molecular weight excluding hydrogens is 335 g/mol. The molecule has 0 unspecified atom stereocenters. The number of hydrogen-bond donors (Lipinski definition) is 0. The fraction of sp³-hybridized carbons (Fsp3) is 0.267. The maximum absolute atomic E-state index is 13.0. The molecule has 9 heteroatoms. The van der Waals surface area contributed by atoms with Crippen molar-refractivity contribution >= 4 is 10.0 Å². The summed E-state index contributed by atoms with van der Waals surface area (Å²) in [7, 11) is -3.71. The Balaban J connectivity index is 1.73. The topological polar surface area (TPSA) is 96.2 Å². The molecule has 1 atom stereocenters. The Morgan fingerprint density at radius 2 is 1.96 bits per heavy atom. The zero-order valence-electron chi connectivity index (χ0n) is 12.5. The van der Waals surface area contributed by atoms with E-state index in [0.717, 1.165) is 12.1 Å². The van der Waals surface area contributed by atoms with Crippen LogP contribution in [0, 0.1) is 17.1 Å². The highest BCUT2D eigenvalue weighted by molar-refractivity contribution is 7.89. The second-order valence-electron chi connectivity index (χ2n) is 5.17. The first-order chi connectivity index (χ1) is 11.5. The SMILES string of the molecule is N#Cc1nccnc1O[C@H]1CCN(S(=O)(=O)c2ccc(F)cc2)C1. The maximum Gasteiger partial charge on any atom is 0.251 e. The van der Waals surface area contributed by atoms with Crippen LogP contribution in [0.15, 0.2) is 41.6 Å². The second kappa shape index (κ2) is 6.51. The van der Waals surface area contributed by atoms with Gasteiger partial charge in [0.1, 0.15) is 18.0 Å². The summed E-state index contributed by atoms with van der Waals surface area (Å²) in [5.41, 5.74) is 0.0531. The molecule has 0 radical (unpaired) electrons. The summed E-state index contributed by atoms with van der Waals surface area (Å²) in [5, 5.41) is 8.98. The number of benzene rings is 1. The van der Waals surface area contributed by atoms with Crippen molar-refractivity contribution in [3.63, 3.8) is 0 Å². The molecule has 2 aromatic rings. The molecule has 7 nitrogen and oxygen atoms in total. The van der Waals surface area contributed by atoms with E-state index in [1.807, 2.05) is 6.07 Å². The molecule has 1 aliphatic rings. The van der Waals surface area contributed by atoms with Crippen LogP contribution in [0.3, 0.4) is 0 Å². The Morgan fingerprint density at radius 1 is 1.25 bits per heavy atom.